The molecule has 0 nitrogen and oxygen atoms in total. The third kappa shape index (κ3) is 4.93. The summed E-state index contributed by atoms with van der Waals surface area (Å²) in [5.74, 6) is 1.03. The number of halogens is 2. The number of benzene rings is 1. The van der Waals surface area contributed by atoms with Gasteiger partial charge in [0.2, 0.25) is 0 Å². The van der Waals surface area contributed by atoms with Crippen molar-refractivity contribution in [3.05, 3.63) is 41.5 Å². The van der Waals surface area contributed by atoms with Crippen LogP contribution in [0.3, 0.4) is 0 Å². The summed E-state index contributed by atoms with van der Waals surface area (Å²) in [6.45, 7) is 2.25. The molecular formula is C20H28F2. The third-order valence-electron chi connectivity index (χ3n) is 5.05. The molecule has 122 valence electrons. The summed E-state index contributed by atoms with van der Waals surface area (Å²) in [4.78, 5) is 0. The maximum Gasteiger partial charge on any atom is 0.130 e. The van der Waals surface area contributed by atoms with Gasteiger partial charge in [-0.05, 0) is 55.2 Å². The average Bonchev–Trinajstić information content (AvgIpc) is 2.54. The van der Waals surface area contributed by atoms with Gasteiger partial charge in [-0.15, -0.1) is 0 Å². The van der Waals surface area contributed by atoms with E-state index in [1.165, 1.54) is 51.0 Å². The van der Waals surface area contributed by atoms with Gasteiger partial charge in [-0.1, -0.05) is 51.2 Å². The smallest absolute Gasteiger partial charge is 0.130 e. The molecule has 1 fully saturated rings. The summed E-state index contributed by atoms with van der Waals surface area (Å²) in [5.41, 5.74) is 1.41. The van der Waals surface area contributed by atoms with Crippen LogP contribution in [-0.2, 0) is 0 Å². The molecule has 0 atom stereocenters. The quantitative estimate of drug-likeness (QED) is 0.475. The van der Waals surface area contributed by atoms with Crippen molar-refractivity contribution in [3.63, 3.8) is 0 Å². The van der Waals surface area contributed by atoms with Crippen molar-refractivity contribution >= 4 is 6.08 Å². The number of rotatable bonds is 7. The van der Waals surface area contributed by atoms with Crippen LogP contribution in [0.15, 0.2) is 24.5 Å². The Morgan fingerprint density at radius 2 is 1.86 bits per heavy atom. The van der Waals surface area contributed by atoms with Gasteiger partial charge in [0.1, 0.15) is 5.82 Å². The van der Waals surface area contributed by atoms with Crippen molar-refractivity contribution < 1.29 is 8.78 Å². The second-order valence-corrected chi connectivity index (χ2v) is 6.64. The second kappa shape index (κ2) is 9.07. The van der Waals surface area contributed by atoms with Gasteiger partial charge < -0.3 is 0 Å². The summed E-state index contributed by atoms with van der Waals surface area (Å²) in [6, 6.07) is 5.25. The Morgan fingerprint density at radius 1 is 1.09 bits per heavy atom. The summed E-state index contributed by atoms with van der Waals surface area (Å²) in [7, 11) is 0. The van der Waals surface area contributed by atoms with E-state index in [4.69, 9.17) is 0 Å². The molecule has 0 aromatic heterocycles. The zero-order valence-corrected chi connectivity index (χ0v) is 13.7. The zero-order valence-electron chi connectivity index (χ0n) is 13.7. The highest BCUT2D eigenvalue weighted by Crippen LogP contribution is 2.38. The zero-order chi connectivity index (χ0) is 15.8. The molecule has 0 bridgehead atoms. The molecule has 0 unspecified atom stereocenters. The highest BCUT2D eigenvalue weighted by molar-refractivity contribution is 5.49. The normalized spacial score (nSPS) is 22.3. The molecule has 0 aliphatic heterocycles. The van der Waals surface area contributed by atoms with Gasteiger partial charge in [-0.25, -0.2) is 8.78 Å². The lowest BCUT2D eigenvalue weighted by atomic mass is 9.77. The number of hydrogen-bond acceptors (Lipinski definition) is 0. The van der Waals surface area contributed by atoms with Gasteiger partial charge in [-0.3, -0.25) is 0 Å². The van der Waals surface area contributed by atoms with Crippen LogP contribution in [0.4, 0.5) is 8.78 Å². The van der Waals surface area contributed by atoms with Crippen LogP contribution in [0.25, 0.3) is 6.08 Å². The lowest BCUT2D eigenvalue weighted by Gasteiger charge is -2.29. The number of unbranched alkanes of at least 4 members (excludes halogenated alkanes) is 3. The molecule has 1 aliphatic rings. The van der Waals surface area contributed by atoms with Crippen molar-refractivity contribution in [3.8, 4) is 0 Å². The van der Waals surface area contributed by atoms with Crippen LogP contribution in [0.2, 0.25) is 0 Å². The molecule has 0 heterocycles. The molecule has 0 saturated heterocycles. The van der Waals surface area contributed by atoms with E-state index in [-0.39, 0.29) is 5.82 Å². The molecule has 1 aliphatic carbocycles. The molecule has 1 aromatic rings. The van der Waals surface area contributed by atoms with Crippen molar-refractivity contribution in [2.24, 2.45) is 5.92 Å². The summed E-state index contributed by atoms with van der Waals surface area (Å²) in [5, 5.41) is 0. The van der Waals surface area contributed by atoms with Crippen LogP contribution in [-0.4, -0.2) is 0 Å². The Balaban J connectivity index is 1.82. The minimum atomic E-state index is -0.312. The summed E-state index contributed by atoms with van der Waals surface area (Å²) in [6.07, 6.45) is 13.2. The van der Waals surface area contributed by atoms with E-state index in [0.717, 1.165) is 24.3 Å². The largest absolute Gasteiger partial charge is 0.216 e. The first-order chi connectivity index (χ1) is 10.7. The Hall–Kier alpha value is -1.18. The molecule has 0 radical (unpaired) electrons. The van der Waals surface area contributed by atoms with Crippen LogP contribution >= 0.6 is 0 Å². The Labute approximate surface area is 133 Å². The maximum atomic E-state index is 13.9. The average molecular weight is 306 g/mol. The van der Waals surface area contributed by atoms with E-state index in [0.29, 0.717) is 17.8 Å². The van der Waals surface area contributed by atoms with E-state index >= 15 is 0 Å². The lowest BCUT2D eigenvalue weighted by molar-refractivity contribution is 0.302. The Bertz CT molecular complexity index is 471. The fourth-order valence-electron chi connectivity index (χ4n) is 3.64. The predicted molar refractivity (Wildman–Crippen MR) is 90.0 cm³/mol. The molecule has 1 aromatic carbocycles. The molecule has 0 N–H and O–H groups in total. The van der Waals surface area contributed by atoms with Crippen LogP contribution in [0.1, 0.15) is 81.8 Å². The molecule has 0 spiro atoms. The van der Waals surface area contributed by atoms with Gasteiger partial charge in [0, 0.05) is 5.56 Å². The second-order valence-electron chi connectivity index (χ2n) is 6.64. The van der Waals surface area contributed by atoms with Gasteiger partial charge >= 0.3 is 0 Å². The Kier molecular flexibility index (Phi) is 7.08. The minimum Gasteiger partial charge on any atom is -0.216 e. The maximum absolute atomic E-state index is 13.9. The summed E-state index contributed by atoms with van der Waals surface area (Å²) >= 11 is 0. The fraction of sp³-hybridized carbons (Fsp3) is 0.600. The molecule has 22 heavy (non-hydrogen) atoms. The molecular weight excluding hydrogens is 278 g/mol. The molecule has 0 amide bonds. The van der Waals surface area contributed by atoms with Gasteiger partial charge in [0.05, 0.1) is 6.33 Å². The van der Waals surface area contributed by atoms with Crippen LogP contribution in [0, 0.1) is 11.7 Å². The first-order valence-corrected chi connectivity index (χ1v) is 8.80. The highest BCUT2D eigenvalue weighted by Gasteiger charge is 2.22. The van der Waals surface area contributed by atoms with Crippen molar-refractivity contribution in [2.45, 2.75) is 70.6 Å². The van der Waals surface area contributed by atoms with E-state index in [1.807, 2.05) is 6.07 Å². The van der Waals surface area contributed by atoms with Crippen LogP contribution in [0.5, 0.6) is 0 Å². The minimum absolute atomic E-state index is 0.312. The monoisotopic (exact) mass is 306 g/mol. The first-order valence-electron chi connectivity index (χ1n) is 8.80. The van der Waals surface area contributed by atoms with E-state index in [9.17, 15) is 8.78 Å². The van der Waals surface area contributed by atoms with Crippen molar-refractivity contribution in [2.75, 3.05) is 0 Å². The molecule has 2 heteroatoms. The van der Waals surface area contributed by atoms with Crippen molar-refractivity contribution in [1.82, 2.24) is 0 Å². The SMILES string of the molecule is CCCCCC[C@H]1CC[C@H](c2ccc(C=CF)c(F)c2)CC1. The van der Waals surface area contributed by atoms with E-state index < -0.39 is 0 Å². The van der Waals surface area contributed by atoms with Gasteiger partial charge in [0.25, 0.3) is 0 Å². The highest BCUT2D eigenvalue weighted by atomic mass is 19.1. The summed E-state index contributed by atoms with van der Waals surface area (Å²) < 4.78 is 26.0. The standard InChI is InChI=1S/C20H28F2/c1-2-3-4-5-6-16-7-9-17(10-8-16)19-12-11-18(13-14-21)20(22)15-19/h11-17H,2-10H2,1H3/t16-,17-. The topological polar surface area (TPSA) is 0 Å². The first kappa shape index (κ1) is 17.2. The molecule has 2 rings (SSSR count). The molecule has 1 saturated carbocycles. The lowest BCUT2D eigenvalue weighted by Crippen LogP contribution is -2.13. The van der Waals surface area contributed by atoms with Gasteiger partial charge in [0.15, 0.2) is 0 Å². The van der Waals surface area contributed by atoms with Gasteiger partial charge in [-0.2, -0.15) is 0 Å². The number of hydrogen-bond donors (Lipinski definition) is 0. The van der Waals surface area contributed by atoms with E-state index in [1.54, 1.807) is 12.1 Å². The predicted octanol–water partition coefficient (Wildman–Crippen LogP) is 7.01. The third-order valence-corrected chi connectivity index (χ3v) is 5.05. The van der Waals surface area contributed by atoms with Crippen molar-refractivity contribution in [1.29, 1.82) is 0 Å². The Morgan fingerprint density at radius 3 is 2.50 bits per heavy atom. The van der Waals surface area contributed by atoms with E-state index in [2.05, 4.69) is 6.92 Å². The van der Waals surface area contributed by atoms with Crippen LogP contribution < -0.4 is 0 Å². The fourth-order valence-corrected chi connectivity index (χ4v) is 3.64.